The molecule has 0 aliphatic heterocycles. The van der Waals surface area contributed by atoms with Gasteiger partial charge in [-0.05, 0) is 42.7 Å². The van der Waals surface area contributed by atoms with Crippen LogP contribution in [0.25, 0.3) is 0 Å². The third kappa shape index (κ3) is 6.91. The molecule has 0 saturated carbocycles. The zero-order valence-electron chi connectivity index (χ0n) is 19.7. The number of halogens is 1. The summed E-state index contributed by atoms with van der Waals surface area (Å²) >= 11 is 0. The van der Waals surface area contributed by atoms with Gasteiger partial charge in [0, 0.05) is 25.1 Å². The number of nitrogens with one attached hydrogen (secondary N) is 1. The number of likely N-dealkylation sites (N-methyl/N-ethyl adjacent to an activating group) is 1. The van der Waals surface area contributed by atoms with Gasteiger partial charge in [-0.15, -0.1) is 0 Å². The van der Waals surface area contributed by atoms with E-state index in [0.717, 1.165) is 12.0 Å². The zero-order valence-corrected chi connectivity index (χ0v) is 19.7. The fraction of sp³-hybridized carbons (Fsp3) is 0.286. The van der Waals surface area contributed by atoms with Crippen LogP contribution in [-0.2, 0) is 29.0 Å². The molecule has 1 atom stereocenters. The summed E-state index contributed by atoms with van der Waals surface area (Å²) in [6.45, 7) is 4.01. The number of carbonyl (C=O) groups excluding carboxylic acids is 2. The minimum Gasteiger partial charge on any atom is -0.484 e. The monoisotopic (exact) mass is 462 g/mol. The molecule has 3 aromatic rings. The van der Waals surface area contributed by atoms with Crippen LogP contribution in [0.2, 0.25) is 0 Å². The van der Waals surface area contributed by atoms with E-state index in [1.807, 2.05) is 61.5 Å². The second kappa shape index (κ2) is 12.5. The van der Waals surface area contributed by atoms with Crippen molar-refractivity contribution in [2.24, 2.45) is 0 Å². The van der Waals surface area contributed by atoms with Gasteiger partial charge < -0.3 is 15.0 Å². The molecule has 6 heteroatoms. The van der Waals surface area contributed by atoms with Crippen molar-refractivity contribution in [3.63, 3.8) is 0 Å². The summed E-state index contributed by atoms with van der Waals surface area (Å²) < 4.78 is 20.2. The highest BCUT2D eigenvalue weighted by Crippen LogP contribution is 2.18. The van der Waals surface area contributed by atoms with E-state index in [9.17, 15) is 14.0 Å². The van der Waals surface area contributed by atoms with Crippen LogP contribution >= 0.6 is 0 Å². The summed E-state index contributed by atoms with van der Waals surface area (Å²) in [5.74, 6) is -0.543. The Bertz CT molecular complexity index is 1070. The van der Waals surface area contributed by atoms with Crippen LogP contribution in [0.3, 0.4) is 0 Å². The predicted molar refractivity (Wildman–Crippen MR) is 131 cm³/mol. The van der Waals surface area contributed by atoms with E-state index in [4.69, 9.17) is 4.74 Å². The lowest BCUT2D eigenvalue weighted by Crippen LogP contribution is -2.51. The summed E-state index contributed by atoms with van der Waals surface area (Å²) in [5.41, 5.74) is 2.41. The third-order valence-corrected chi connectivity index (χ3v) is 5.61. The SMILES string of the molecule is CCNC(=O)C(Cc1ccccc1)N(Cc1ccccc1F)C(=O)COc1ccc(CC)cc1. The Morgan fingerprint density at radius 2 is 1.59 bits per heavy atom. The molecule has 0 heterocycles. The maximum absolute atomic E-state index is 14.5. The topological polar surface area (TPSA) is 58.6 Å². The summed E-state index contributed by atoms with van der Waals surface area (Å²) in [5, 5.41) is 2.82. The number of ether oxygens (including phenoxy) is 1. The number of hydrogen-bond donors (Lipinski definition) is 1. The molecule has 34 heavy (non-hydrogen) atoms. The number of hydrogen-bond acceptors (Lipinski definition) is 3. The first kappa shape index (κ1) is 25.0. The lowest BCUT2D eigenvalue weighted by Gasteiger charge is -2.31. The minimum absolute atomic E-state index is 0.0434. The number of amides is 2. The largest absolute Gasteiger partial charge is 0.484 e. The Morgan fingerprint density at radius 3 is 2.24 bits per heavy atom. The van der Waals surface area contributed by atoms with Crippen molar-refractivity contribution in [3.05, 3.63) is 101 Å². The second-order valence-electron chi connectivity index (χ2n) is 8.00. The van der Waals surface area contributed by atoms with E-state index in [1.165, 1.54) is 16.5 Å². The van der Waals surface area contributed by atoms with E-state index < -0.39 is 17.8 Å². The standard InChI is InChI=1S/C28H31FN2O3/c1-3-21-14-16-24(17-15-21)34-20-27(32)31(19-23-12-8-9-13-25(23)29)26(28(33)30-4-2)18-22-10-6-5-7-11-22/h5-17,26H,3-4,18-20H2,1-2H3,(H,30,33). The predicted octanol–water partition coefficient (Wildman–Crippen LogP) is 4.54. The Morgan fingerprint density at radius 1 is 0.912 bits per heavy atom. The van der Waals surface area contributed by atoms with Gasteiger partial charge >= 0.3 is 0 Å². The van der Waals surface area contributed by atoms with E-state index in [2.05, 4.69) is 12.2 Å². The van der Waals surface area contributed by atoms with Crippen molar-refractivity contribution < 1.29 is 18.7 Å². The summed E-state index contributed by atoms with van der Waals surface area (Å²) in [6.07, 6.45) is 1.21. The Labute approximate surface area is 200 Å². The normalized spacial score (nSPS) is 11.5. The van der Waals surface area contributed by atoms with Crippen molar-refractivity contribution in [1.29, 1.82) is 0 Å². The van der Waals surface area contributed by atoms with Crippen LogP contribution in [0, 0.1) is 5.82 Å². The molecule has 1 N–H and O–H groups in total. The number of nitrogens with zero attached hydrogens (tertiary/aromatic N) is 1. The van der Waals surface area contributed by atoms with Crippen molar-refractivity contribution >= 4 is 11.8 Å². The van der Waals surface area contributed by atoms with Crippen LogP contribution in [-0.4, -0.2) is 35.9 Å². The van der Waals surface area contributed by atoms with Gasteiger partial charge in [-0.1, -0.05) is 67.6 Å². The van der Waals surface area contributed by atoms with Gasteiger partial charge in [0.1, 0.15) is 17.6 Å². The maximum Gasteiger partial charge on any atom is 0.261 e. The molecule has 178 valence electrons. The molecule has 0 fully saturated rings. The first-order valence-electron chi connectivity index (χ1n) is 11.6. The molecule has 0 spiro atoms. The molecule has 3 aromatic carbocycles. The molecule has 0 aliphatic rings. The maximum atomic E-state index is 14.5. The molecular weight excluding hydrogens is 431 g/mol. The average molecular weight is 463 g/mol. The third-order valence-electron chi connectivity index (χ3n) is 5.61. The van der Waals surface area contributed by atoms with Crippen molar-refractivity contribution in [2.45, 2.75) is 39.3 Å². The molecule has 2 amide bonds. The number of rotatable bonds is 11. The highest BCUT2D eigenvalue weighted by molar-refractivity contribution is 5.88. The minimum atomic E-state index is -0.819. The smallest absolute Gasteiger partial charge is 0.261 e. The van der Waals surface area contributed by atoms with Crippen molar-refractivity contribution in [3.8, 4) is 5.75 Å². The summed E-state index contributed by atoms with van der Waals surface area (Å²) in [6, 6.07) is 22.5. The molecule has 0 radical (unpaired) electrons. The molecular formula is C28H31FN2O3. The van der Waals surface area contributed by atoms with Crippen LogP contribution in [0.4, 0.5) is 4.39 Å². The molecule has 5 nitrogen and oxygen atoms in total. The van der Waals surface area contributed by atoms with E-state index in [-0.39, 0.29) is 19.1 Å². The Kier molecular flexibility index (Phi) is 9.21. The average Bonchev–Trinajstić information content (AvgIpc) is 2.86. The molecule has 0 aliphatic carbocycles. The molecule has 3 rings (SSSR count). The van der Waals surface area contributed by atoms with Crippen molar-refractivity contribution in [1.82, 2.24) is 10.2 Å². The summed E-state index contributed by atoms with van der Waals surface area (Å²) in [4.78, 5) is 27.9. The molecule has 1 unspecified atom stereocenters. The molecule has 0 bridgehead atoms. The zero-order chi connectivity index (χ0) is 24.3. The Balaban J connectivity index is 1.87. The molecule has 0 saturated heterocycles. The number of carbonyl (C=O) groups is 2. The van der Waals surface area contributed by atoms with E-state index in [1.54, 1.807) is 18.2 Å². The highest BCUT2D eigenvalue weighted by atomic mass is 19.1. The van der Waals surface area contributed by atoms with Gasteiger partial charge in [0.2, 0.25) is 5.91 Å². The summed E-state index contributed by atoms with van der Waals surface area (Å²) in [7, 11) is 0. The van der Waals surface area contributed by atoms with Crippen molar-refractivity contribution in [2.75, 3.05) is 13.2 Å². The van der Waals surface area contributed by atoms with Crippen LogP contribution in [0.5, 0.6) is 5.75 Å². The van der Waals surface area contributed by atoms with E-state index >= 15 is 0 Å². The lowest BCUT2D eigenvalue weighted by atomic mass is 10.0. The molecule has 0 aromatic heterocycles. The Hall–Kier alpha value is -3.67. The second-order valence-corrected chi connectivity index (χ2v) is 8.00. The van der Waals surface area contributed by atoms with E-state index in [0.29, 0.717) is 24.3 Å². The quantitative estimate of drug-likeness (QED) is 0.455. The van der Waals surface area contributed by atoms with Crippen LogP contribution in [0.15, 0.2) is 78.9 Å². The fourth-order valence-electron chi connectivity index (χ4n) is 3.71. The van der Waals surface area contributed by atoms with Crippen LogP contribution in [0.1, 0.15) is 30.5 Å². The van der Waals surface area contributed by atoms with Gasteiger partial charge in [-0.25, -0.2) is 4.39 Å². The van der Waals surface area contributed by atoms with Gasteiger partial charge in [-0.2, -0.15) is 0 Å². The number of benzene rings is 3. The highest BCUT2D eigenvalue weighted by Gasteiger charge is 2.31. The first-order chi connectivity index (χ1) is 16.5. The number of aryl methyl sites for hydroxylation is 1. The van der Waals surface area contributed by atoms with Gasteiger partial charge in [0.15, 0.2) is 6.61 Å². The van der Waals surface area contributed by atoms with Gasteiger partial charge in [0.25, 0.3) is 5.91 Å². The first-order valence-corrected chi connectivity index (χ1v) is 11.6. The lowest BCUT2D eigenvalue weighted by molar-refractivity contribution is -0.142. The van der Waals surface area contributed by atoms with Gasteiger partial charge in [0.05, 0.1) is 0 Å². The fourth-order valence-corrected chi connectivity index (χ4v) is 3.71. The van der Waals surface area contributed by atoms with Crippen LogP contribution < -0.4 is 10.1 Å². The van der Waals surface area contributed by atoms with Gasteiger partial charge in [-0.3, -0.25) is 9.59 Å².